The molecule has 0 bridgehead atoms. The van der Waals surface area contributed by atoms with Gasteiger partial charge in [0.25, 0.3) is 0 Å². The Morgan fingerprint density at radius 2 is 2.09 bits per heavy atom. The van der Waals surface area contributed by atoms with Gasteiger partial charge in [-0.3, -0.25) is 0 Å². The lowest BCUT2D eigenvalue weighted by Crippen LogP contribution is -2.20. The van der Waals surface area contributed by atoms with E-state index >= 15 is 0 Å². The van der Waals surface area contributed by atoms with Crippen molar-refractivity contribution in [1.82, 2.24) is 9.97 Å². The molecule has 1 aliphatic carbocycles. The fraction of sp³-hybridized carbons (Fsp3) is 0.571. The summed E-state index contributed by atoms with van der Waals surface area (Å²) < 4.78 is 23.4. The number of aliphatic hydroxyl groups is 1. The van der Waals surface area contributed by atoms with Crippen LogP contribution in [-0.4, -0.2) is 46.4 Å². The fourth-order valence-electron chi connectivity index (χ4n) is 3.20. The summed E-state index contributed by atoms with van der Waals surface area (Å²) in [5, 5.41) is 11.6. The molecule has 2 aromatic heterocycles. The highest BCUT2D eigenvalue weighted by atomic mass is 32.2. The summed E-state index contributed by atoms with van der Waals surface area (Å²) in [4.78, 5) is 11.5. The zero-order valence-corrected chi connectivity index (χ0v) is 14.5. The topological polar surface area (TPSA) is 80.2 Å². The average Bonchev–Trinajstić information content (AvgIpc) is 3.02. The number of thiophene rings is 1. The van der Waals surface area contributed by atoms with Crippen LogP contribution in [0, 0.1) is 6.92 Å². The number of sulfone groups is 1. The van der Waals surface area contributed by atoms with Crippen LogP contribution in [0.15, 0.2) is 5.03 Å². The zero-order chi connectivity index (χ0) is 15.5. The number of hydrogen-bond acceptors (Lipinski definition) is 7. The van der Waals surface area contributed by atoms with E-state index in [1.165, 1.54) is 22.2 Å². The van der Waals surface area contributed by atoms with Gasteiger partial charge in [-0.1, -0.05) is 11.8 Å². The predicted molar refractivity (Wildman–Crippen MR) is 88.5 cm³/mol. The van der Waals surface area contributed by atoms with Crippen LogP contribution in [0.5, 0.6) is 0 Å². The minimum atomic E-state index is -3.14. The van der Waals surface area contributed by atoms with Gasteiger partial charge >= 0.3 is 0 Å². The molecule has 8 heteroatoms. The number of aromatic nitrogens is 2. The third kappa shape index (κ3) is 2.46. The molecule has 0 radical (unpaired) electrons. The lowest BCUT2D eigenvalue weighted by Gasteiger charge is -2.13. The highest BCUT2D eigenvalue weighted by Gasteiger charge is 2.38. The summed E-state index contributed by atoms with van der Waals surface area (Å²) in [6.07, 6.45) is 2.49. The Hall–Kier alpha value is -0.700. The number of aryl methyl sites for hydroxylation is 3. The smallest absolute Gasteiger partial charge is 0.154 e. The van der Waals surface area contributed by atoms with Crippen molar-refractivity contribution in [2.24, 2.45) is 0 Å². The van der Waals surface area contributed by atoms with Gasteiger partial charge in [-0.15, -0.1) is 11.3 Å². The van der Waals surface area contributed by atoms with E-state index in [0.717, 1.165) is 34.5 Å². The summed E-state index contributed by atoms with van der Waals surface area (Å²) in [7, 11) is -3.14. The number of thioether (sulfide) groups is 1. The summed E-state index contributed by atoms with van der Waals surface area (Å²) in [5.74, 6) is 0.584. The van der Waals surface area contributed by atoms with E-state index < -0.39 is 15.9 Å². The molecule has 5 nitrogen and oxygen atoms in total. The van der Waals surface area contributed by atoms with Crippen molar-refractivity contribution >= 4 is 43.2 Å². The predicted octanol–water partition coefficient (Wildman–Crippen LogP) is 1.74. The van der Waals surface area contributed by atoms with Gasteiger partial charge in [0.2, 0.25) is 0 Å². The monoisotopic (exact) mass is 356 g/mol. The lowest BCUT2D eigenvalue weighted by molar-refractivity contribution is 0.207. The van der Waals surface area contributed by atoms with E-state index in [1.807, 2.05) is 6.92 Å². The molecule has 0 spiro atoms. The largest absolute Gasteiger partial charge is 0.391 e. The van der Waals surface area contributed by atoms with Crippen LogP contribution in [0.2, 0.25) is 0 Å². The van der Waals surface area contributed by atoms with E-state index in [2.05, 4.69) is 9.97 Å². The highest BCUT2D eigenvalue weighted by molar-refractivity contribution is 8.02. The Bertz CT molecular complexity index is 860. The van der Waals surface area contributed by atoms with Gasteiger partial charge in [0.1, 0.15) is 15.7 Å². The van der Waals surface area contributed by atoms with E-state index in [1.54, 1.807) is 11.3 Å². The van der Waals surface area contributed by atoms with Gasteiger partial charge in [0.15, 0.2) is 9.84 Å². The van der Waals surface area contributed by atoms with Gasteiger partial charge in [0.05, 0.1) is 22.9 Å². The first-order valence-corrected chi connectivity index (χ1v) is 10.8. The number of fused-ring (bicyclic) bond motifs is 3. The first-order chi connectivity index (χ1) is 10.4. The van der Waals surface area contributed by atoms with Crippen molar-refractivity contribution in [3.8, 4) is 0 Å². The molecule has 1 saturated heterocycles. The fourth-order valence-corrected chi connectivity index (χ4v) is 8.26. The van der Waals surface area contributed by atoms with Gasteiger partial charge in [-0.05, 0) is 31.7 Å². The minimum Gasteiger partial charge on any atom is -0.391 e. The first kappa shape index (κ1) is 14.9. The molecule has 1 aliphatic heterocycles. The minimum absolute atomic E-state index is 0.0235. The standard InChI is InChI=1S/C14H16N2O3S3/c1-7-15-13-12(8-3-2-4-10(8)20-13)14(16-7)21-11-6-22(18,19)5-9(11)17/h9,11,17H,2-6H2,1H3/t9-,11+/m1/s1. The Labute approximate surface area is 137 Å². The molecule has 1 fully saturated rings. The van der Waals surface area contributed by atoms with Gasteiger partial charge in [-0.25, -0.2) is 18.4 Å². The van der Waals surface area contributed by atoms with Crippen LogP contribution >= 0.6 is 23.1 Å². The Morgan fingerprint density at radius 1 is 1.27 bits per heavy atom. The number of nitrogens with zero attached hydrogens (tertiary/aromatic N) is 2. The lowest BCUT2D eigenvalue weighted by atomic mass is 10.2. The second kappa shape index (κ2) is 5.15. The third-order valence-electron chi connectivity index (χ3n) is 4.18. The van der Waals surface area contributed by atoms with Crippen LogP contribution < -0.4 is 0 Å². The molecule has 0 saturated carbocycles. The normalized spacial score (nSPS) is 26.6. The molecule has 118 valence electrons. The van der Waals surface area contributed by atoms with E-state index in [-0.39, 0.29) is 16.8 Å². The van der Waals surface area contributed by atoms with E-state index in [0.29, 0.717) is 5.82 Å². The van der Waals surface area contributed by atoms with Gasteiger partial charge in [-0.2, -0.15) is 0 Å². The van der Waals surface area contributed by atoms with Crippen molar-refractivity contribution in [3.05, 3.63) is 16.3 Å². The van der Waals surface area contributed by atoms with E-state index in [9.17, 15) is 13.5 Å². The Balaban J connectivity index is 1.78. The first-order valence-electron chi connectivity index (χ1n) is 7.27. The van der Waals surface area contributed by atoms with Gasteiger partial charge < -0.3 is 5.11 Å². The molecule has 2 aromatic rings. The maximum atomic E-state index is 11.7. The molecule has 2 atom stereocenters. The summed E-state index contributed by atoms with van der Waals surface area (Å²) >= 11 is 3.13. The van der Waals surface area contributed by atoms with Gasteiger partial charge in [0, 0.05) is 10.3 Å². The van der Waals surface area contributed by atoms with Crippen LogP contribution in [-0.2, 0) is 22.7 Å². The van der Waals surface area contributed by atoms with Crippen molar-refractivity contribution in [1.29, 1.82) is 0 Å². The molecular formula is C14H16N2O3S3. The number of aliphatic hydroxyl groups excluding tert-OH is 1. The third-order valence-corrected chi connectivity index (χ3v) is 8.59. The molecule has 2 aliphatic rings. The average molecular weight is 356 g/mol. The molecule has 0 aromatic carbocycles. The van der Waals surface area contributed by atoms with Crippen LogP contribution in [0.3, 0.4) is 0 Å². The zero-order valence-electron chi connectivity index (χ0n) is 12.1. The second-order valence-electron chi connectivity index (χ2n) is 5.91. The SMILES string of the molecule is Cc1nc(S[C@H]2CS(=O)(=O)C[C@H]2O)c2c3c(sc2n1)CCC3. The summed E-state index contributed by atoms with van der Waals surface area (Å²) in [5.41, 5.74) is 1.33. The maximum absolute atomic E-state index is 11.7. The molecule has 0 unspecified atom stereocenters. The quantitative estimate of drug-likeness (QED) is 0.826. The highest BCUT2D eigenvalue weighted by Crippen LogP contribution is 2.42. The molecule has 1 N–H and O–H groups in total. The molecule has 22 heavy (non-hydrogen) atoms. The van der Waals surface area contributed by atoms with Crippen molar-refractivity contribution in [2.45, 2.75) is 42.6 Å². The molecule has 0 amide bonds. The van der Waals surface area contributed by atoms with Crippen molar-refractivity contribution in [3.63, 3.8) is 0 Å². The molecular weight excluding hydrogens is 340 g/mol. The van der Waals surface area contributed by atoms with Crippen LogP contribution in [0.4, 0.5) is 0 Å². The van der Waals surface area contributed by atoms with Crippen LogP contribution in [0.1, 0.15) is 22.7 Å². The van der Waals surface area contributed by atoms with Crippen molar-refractivity contribution < 1.29 is 13.5 Å². The second-order valence-corrected chi connectivity index (χ2v) is 10.4. The molecule has 4 rings (SSSR count). The van der Waals surface area contributed by atoms with Crippen LogP contribution in [0.25, 0.3) is 10.2 Å². The van der Waals surface area contributed by atoms with Crippen molar-refractivity contribution in [2.75, 3.05) is 11.5 Å². The number of hydrogen-bond donors (Lipinski definition) is 1. The summed E-state index contributed by atoms with van der Waals surface area (Å²) in [6.45, 7) is 1.86. The summed E-state index contributed by atoms with van der Waals surface area (Å²) in [6, 6.07) is 0. The Kier molecular flexibility index (Phi) is 3.48. The number of rotatable bonds is 2. The maximum Gasteiger partial charge on any atom is 0.154 e. The molecule has 3 heterocycles. The van der Waals surface area contributed by atoms with E-state index in [4.69, 9.17) is 0 Å². The Morgan fingerprint density at radius 3 is 2.82 bits per heavy atom.